The molecule has 0 fully saturated rings. The number of rotatable bonds is 22. The third-order valence-electron chi connectivity index (χ3n) is 7.40. The zero-order valence-corrected chi connectivity index (χ0v) is 25.2. The van der Waals surface area contributed by atoms with Crippen LogP contribution < -0.4 is 9.47 Å². The van der Waals surface area contributed by atoms with E-state index in [0.717, 1.165) is 59.8 Å². The van der Waals surface area contributed by atoms with Crippen LogP contribution in [0.15, 0.2) is 59.6 Å². The molecule has 0 N–H and O–H groups in total. The second kappa shape index (κ2) is 20.1. The van der Waals surface area contributed by atoms with Crippen LogP contribution in [-0.4, -0.2) is 24.4 Å². The van der Waals surface area contributed by atoms with Gasteiger partial charge < -0.3 is 9.47 Å². The van der Waals surface area contributed by atoms with Gasteiger partial charge in [-0.15, -0.1) is 0 Å². The predicted octanol–water partition coefficient (Wildman–Crippen LogP) is 11.0. The van der Waals surface area contributed by atoms with Crippen LogP contribution in [0, 0.1) is 0 Å². The first kappa shape index (κ1) is 31.6. The largest absolute Gasteiger partial charge is 0.494 e. The maximum absolute atomic E-state index is 6.00. The van der Waals surface area contributed by atoms with Gasteiger partial charge in [-0.05, 0) is 61.4 Å². The molecule has 0 unspecified atom stereocenters. The van der Waals surface area contributed by atoms with E-state index in [-0.39, 0.29) is 0 Å². The fraction of sp³-hybridized carbons (Fsp3) is 0.556. The Hall–Kier alpha value is -2.88. The summed E-state index contributed by atoms with van der Waals surface area (Å²) < 4.78 is 11.9. The minimum absolute atomic E-state index is 0.779. The van der Waals surface area contributed by atoms with Crippen LogP contribution in [0.2, 0.25) is 0 Å². The van der Waals surface area contributed by atoms with Gasteiger partial charge in [0, 0.05) is 5.39 Å². The Morgan fingerprint density at radius 1 is 0.575 bits per heavy atom. The summed E-state index contributed by atoms with van der Waals surface area (Å²) in [6, 6.07) is 18.2. The Morgan fingerprint density at radius 2 is 1.10 bits per heavy atom. The number of ether oxygens (including phenoxy) is 2. The Kier molecular flexibility index (Phi) is 15.9. The van der Waals surface area contributed by atoms with Gasteiger partial charge >= 0.3 is 0 Å². The topological polar surface area (TPSA) is 43.7 Å². The van der Waals surface area contributed by atoms with Crippen LogP contribution in [0.3, 0.4) is 0 Å². The molecule has 0 aliphatic heterocycles. The summed E-state index contributed by atoms with van der Waals surface area (Å²) in [6.07, 6.45) is 22.8. The van der Waals surface area contributed by atoms with Crippen molar-refractivity contribution < 1.29 is 9.47 Å². The molecule has 1 aromatic heterocycles. The molecule has 0 atom stereocenters. The zero-order chi connectivity index (χ0) is 28.1. The summed E-state index contributed by atoms with van der Waals surface area (Å²) in [7, 11) is 0. The normalized spacial score (nSPS) is 11.4. The van der Waals surface area contributed by atoms with E-state index in [1.807, 2.05) is 48.7 Å². The highest BCUT2D eigenvalue weighted by Crippen LogP contribution is 2.22. The van der Waals surface area contributed by atoms with Gasteiger partial charge in [0.2, 0.25) is 0 Å². The van der Waals surface area contributed by atoms with E-state index < -0.39 is 0 Å². The minimum Gasteiger partial charge on any atom is -0.494 e. The molecule has 218 valence electrons. The monoisotopic (exact) mass is 544 g/mol. The van der Waals surface area contributed by atoms with Gasteiger partial charge in [-0.3, -0.25) is 4.99 Å². The maximum Gasteiger partial charge on any atom is 0.120 e. The van der Waals surface area contributed by atoms with Gasteiger partial charge in [0.15, 0.2) is 0 Å². The molecule has 4 heteroatoms. The summed E-state index contributed by atoms with van der Waals surface area (Å²) in [6.45, 7) is 6.09. The average molecular weight is 545 g/mol. The van der Waals surface area contributed by atoms with Crippen molar-refractivity contribution >= 4 is 22.8 Å². The first-order chi connectivity index (χ1) is 19.8. The molecule has 3 aromatic rings. The second-order valence-electron chi connectivity index (χ2n) is 11.0. The summed E-state index contributed by atoms with van der Waals surface area (Å²) in [5.41, 5.74) is 2.69. The van der Waals surface area contributed by atoms with Crippen molar-refractivity contribution in [2.24, 2.45) is 4.99 Å². The highest BCUT2D eigenvalue weighted by atomic mass is 16.5. The molecule has 0 saturated heterocycles. The SMILES string of the molecule is CCCCCCCCCCOc1ccc(N=Cc2ccc3cc(OCCCCCCCCCC)ccc3n2)cc1. The van der Waals surface area contributed by atoms with Crippen LogP contribution in [0.5, 0.6) is 11.5 Å². The Balaban J connectivity index is 1.35. The zero-order valence-electron chi connectivity index (χ0n) is 25.2. The maximum atomic E-state index is 6.00. The number of aromatic nitrogens is 1. The molecule has 0 saturated carbocycles. The van der Waals surface area contributed by atoms with Crippen LogP contribution >= 0.6 is 0 Å². The minimum atomic E-state index is 0.779. The van der Waals surface area contributed by atoms with E-state index in [2.05, 4.69) is 31.0 Å². The summed E-state index contributed by atoms with van der Waals surface area (Å²) in [5, 5.41) is 1.09. The average Bonchev–Trinajstić information content (AvgIpc) is 2.99. The van der Waals surface area contributed by atoms with E-state index in [1.54, 1.807) is 0 Å². The van der Waals surface area contributed by atoms with E-state index >= 15 is 0 Å². The van der Waals surface area contributed by atoms with Crippen LogP contribution in [0.1, 0.15) is 122 Å². The molecule has 1 heterocycles. The molecule has 0 aliphatic carbocycles. The van der Waals surface area contributed by atoms with Crippen molar-refractivity contribution in [2.45, 2.75) is 117 Å². The first-order valence-corrected chi connectivity index (χ1v) is 16.1. The van der Waals surface area contributed by atoms with Crippen LogP contribution in [0.4, 0.5) is 5.69 Å². The third-order valence-corrected chi connectivity index (χ3v) is 7.40. The second-order valence-corrected chi connectivity index (χ2v) is 11.0. The molecule has 0 amide bonds. The number of aliphatic imine (C=N–C) groups is 1. The van der Waals surface area contributed by atoms with Crippen molar-refractivity contribution in [2.75, 3.05) is 13.2 Å². The Morgan fingerprint density at radius 3 is 1.70 bits per heavy atom. The third kappa shape index (κ3) is 13.0. The van der Waals surface area contributed by atoms with E-state index in [4.69, 9.17) is 14.5 Å². The fourth-order valence-corrected chi connectivity index (χ4v) is 4.90. The predicted molar refractivity (Wildman–Crippen MR) is 172 cm³/mol. The number of hydrogen-bond acceptors (Lipinski definition) is 4. The van der Waals surface area contributed by atoms with Crippen molar-refractivity contribution in [1.82, 2.24) is 4.98 Å². The number of nitrogens with zero attached hydrogens (tertiary/aromatic N) is 2. The van der Waals surface area contributed by atoms with Crippen LogP contribution in [-0.2, 0) is 0 Å². The number of hydrogen-bond donors (Lipinski definition) is 0. The number of pyridine rings is 1. The number of fused-ring (bicyclic) bond motifs is 1. The molecule has 0 aliphatic rings. The van der Waals surface area contributed by atoms with Gasteiger partial charge in [0.05, 0.1) is 36.3 Å². The van der Waals surface area contributed by atoms with Gasteiger partial charge in [0.25, 0.3) is 0 Å². The smallest absolute Gasteiger partial charge is 0.120 e. The highest BCUT2D eigenvalue weighted by molar-refractivity contribution is 5.86. The lowest BCUT2D eigenvalue weighted by molar-refractivity contribution is 0.304. The van der Waals surface area contributed by atoms with E-state index in [0.29, 0.717) is 0 Å². The van der Waals surface area contributed by atoms with E-state index in [9.17, 15) is 0 Å². The van der Waals surface area contributed by atoms with Crippen molar-refractivity contribution in [1.29, 1.82) is 0 Å². The summed E-state index contributed by atoms with van der Waals surface area (Å²) in [4.78, 5) is 9.37. The number of unbranched alkanes of at least 4 members (excludes halogenated alkanes) is 14. The van der Waals surface area contributed by atoms with Crippen molar-refractivity contribution in [3.63, 3.8) is 0 Å². The molecule has 3 rings (SSSR count). The lowest BCUT2D eigenvalue weighted by Gasteiger charge is -2.08. The quantitative estimate of drug-likeness (QED) is 0.0933. The van der Waals surface area contributed by atoms with Crippen LogP contribution in [0.25, 0.3) is 10.9 Å². The van der Waals surface area contributed by atoms with Gasteiger partial charge in [-0.1, -0.05) is 110 Å². The fourth-order valence-electron chi connectivity index (χ4n) is 4.90. The van der Waals surface area contributed by atoms with Gasteiger partial charge in [0.1, 0.15) is 11.5 Å². The van der Waals surface area contributed by atoms with Crippen molar-refractivity contribution in [3.05, 3.63) is 60.3 Å². The lowest BCUT2D eigenvalue weighted by Crippen LogP contribution is -1.97. The van der Waals surface area contributed by atoms with E-state index in [1.165, 1.54) is 89.9 Å². The molecular formula is C36H52N2O2. The van der Waals surface area contributed by atoms with Gasteiger partial charge in [-0.2, -0.15) is 0 Å². The Labute approximate surface area is 243 Å². The van der Waals surface area contributed by atoms with Gasteiger partial charge in [-0.25, -0.2) is 4.98 Å². The molecule has 0 bridgehead atoms. The molecule has 40 heavy (non-hydrogen) atoms. The summed E-state index contributed by atoms with van der Waals surface area (Å²) in [5.74, 6) is 1.83. The molecule has 0 spiro atoms. The molecule has 0 radical (unpaired) electrons. The highest BCUT2D eigenvalue weighted by Gasteiger charge is 2.02. The first-order valence-electron chi connectivity index (χ1n) is 16.1. The lowest BCUT2D eigenvalue weighted by atomic mass is 10.1. The summed E-state index contributed by atoms with van der Waals surface area (Å²) >= 11 is 0. The molecule has 2 aromatic carbocycles. The molecule has 4 nitrogen and oxygen atoms in total. The van der Waals surface area contributed by atoms with Crippen molar-refractivity contribution in [3.8, 4) is 11.5 Å². The Bertz CT molecular complexity index is 1090. The number of benzene rings is 2. The standard InChI is InChI=1S/C36H52N2O2/c1-3-5-7-9-11-13-15-17-27-39-34-23-21-32(22-24-34)37-30-33-20-19-31-29-35(25-26-36(31)38-33)40-28-18-16-14-12-10-8-6-4-2/h19-26,29-30H,3-18,27-28H2,1-2H3. The molecular weight excluding hydrogens is 492 g/mol.